The van der Waals surface area contributed by atoms with Crippen LogP contribution in [0.3, 0.4) is 0 Å². The van der Waals surface area contributed by atoms with Gasteiger partial charge in [-0.15, -0.1) is 0 Å². The molecular weight excluding hydrogens is 396 g/mol. The third kappa shape index (κ3) is 5.56. The minimum absolute atomic E-state index is 0.186. The van der Waals surface area contributed by atoms with Crippen LogP contribution in [0.1, 0.15) is 43.1 Å². The normalized spacial score (nSPS) is 19.7. The average molecular weight is 418 g/mol. The molecule has 0 spiro atoms. The lowest BCUT2D eigenvalue weighted by atomic mass is 10.0. The highest BCUT2D eigenvalue weighted by atomic mass is 32.2. The van der Waals surface area contributed by atoms with E-state index in [2.05, 4.69) is 22.0 Å². The van der Waals surface area contributed by atoms with Crippen molar-refractivity contribution in [1.82, 2.24) is 24.9 Å². The van der Waals surface area contributed by atoms with Crippen molar-refractivity contribution in [2.45, 2.75) is 37.4 Å². The van der Waals surface area contributed by atoms with Crippen LogP contribution < -0.4 is 20.5 Å². The molecule has 0 aliphatic carbocycles. The number of aliphatic hydroxyl groups is 1. The molecule has 0 radical (unpaired) electrons. The zero-order chi connectivity index (χ0) is 20.9. The number of piperidine rings is 1. The molecule has 1 aromatic heterocycles. The van der Waals surface area contributed by atoms with Crippen LogP contribution in [0, 0.1) is 0 Å². The molecule has 156 valence electrons. The summed E-state index contributed by atoms with van der Waals surface area (Å²) in [6, 6.07) is -3.51. The lowest BCUT2D eigenvalue weighted by Gasteiger charge is -2.20. The minimum atomic E-state index is -4.53. The van der Waals surface area contributed by atoms with Gasteiger partial charge >= 0.3 is 5.97 Å². The number of hydrogen-bond acceptors (Lipinski definition) is 9. The summed E-state index contributed by atoms with van der Waals surface area (Å²) in [6.45, 7) is 3.21. The van der Waals surface area contributed by atoms with Gasteiger partial charge in [0.1, 0.15) is 12.1 Å². The molecule has 2 heterocycles. The first kappa shape index (κ1) is 21.9. The maximum absolute atomic E-state index is 12.2. The van der Waals surface area contributed by atoms with Crippen LogP contribution in [0.15, 0.2) is 16.7 Å². The lowest BCUT2D eigenvalue weighted by molar-refractivity contribution is -0.139. The summed E-state index contributed by atoms with van der Waals surface area (Å²) in [7, 11) is -4.53. The molecule has 1 amide bonds. The highest BCUT2D eigenvalue weighted by molar-refractivity contribution is 7.87. The Morgan fingerprint density at radius 2 is 2.11 bits per heavy atom. The number of carboxylic acid groups (broad SMARTS) is 1. The molecule has 1 saturated heterocycles. The molecule has 0 bridgehead atoms. The van der Waals surface area contributed by atoms with Gasteiger partial charge in [0.25, 0.3) is 10.2 Å². The topological polar surface area (TPSA) is 210 Å². The van der Waals surface area contributed by atoms with E-state index in [0.29, 0.717) is 0 Å². The fourth-order valence-electron chi connectivity index (χ4n) is 2.53. The molecular formula is C14H22N6O7S. The predicted molar refractivity (Wildman–Crippen MR) is 93.7 cm³/mol. The first-order valence-corrected chi connectivity index (χ1v) is 9.81. The van der Waals surface area contributed by atoms with Crippen molar-refractivity contribution in [3.8, 4) is 0 Å². The second-order valence-electron chi connectivity index (χ2n) is 6.13. The number of carboxylic acids is 1. The second kappa shape index (κ2) is 9.20. The van der Waals surface area contributed by atoms with Gasteiger partial charge in [-0.05, 0) is 19.4 Å². The van der Waals surface area contributed by atoms with Gasteiger partial charge in [-0.1, -0.05) is 18.2 Å². The van der Waals surface area contributed by atoms with Gasteiger partial charge in [0.2, 0.25) is 11.8 Å². The number of carbonyl (C=O) groups excluding carboxylic acids is 1. The first-order valence-electron chi connectivity index (χ1n) is 8.33. The van der Waals surface area contributed by atoms with Crippen LogP contribution >= 0.6 is 0 Å². The number of nitrogens with one attached hydrogen (secondary N) is 3. The van der Waals surface area contributed by atoms with Crippen molar-refractivity contribution < 1.29 is 32.7 Å². The van der Waals surface area contributed by atoms with E-state index < -0.39 is 46.3 Å². The Hall–Kier alpha value is -2.39. The van der Waals surface area contributed by atoms with Crippen LogP contribution in [0.2, 0.25) is 0 Å². The molecule has 1 aliphatic rings. The monoisotopic (exact) mass is 418 g/mol. The van der Waals surface area contributed by atoms with Gasteiger partial charge in [0, 0.05) is 5.57 Å². The van der Waals surface area contributed by atoms with Crippen molar-refractivity contribution >= 4 is 22.1 Å². The van der Waals surface area contributed by atoms with Crippen LogP contribution in [-0.2, 0) is 19.8 Å². The van der Waals surface area contributed by atoms with Crippen molar-refractivity contribution in [3.63, 3.8) is 0 Å². The predicted octanol–water partition coefficient (Wildman–Crippen LogP) is -2.16. The number of rotatable bonds is 10. The van der Waals surface area contributed by atoms with Gasteiger partial charge in [-0.2, -0.15) is 22.8 Å². The van der Waals surface area contributed by atoms with Gasteiger partial charge < -0.3 is 25.8 Å². The maximum Gasteiger partial charge on any atom is 0.324 e. The van der Waals surface area contributed by atoms with Crippen molar-refractivity contribution in [2.75, 3.05) is 13.2 Å². The van der Waals surface area contributed by atoms with Crippen LogP contribution in [0.5, 0.6) is 0 Å². The summed E-state index contributed by atoms with van der Waals surface area (Å²) in [6.07, 6.45) is 2.71. The van der Waals surface area contributed by atoms with Crippen LogP contribution in [0.25, 0.3) is 0 Å². The molecule has 1 aromatic rings. The Labute approximate surface area is 160 Å². The Kier molecular flexibility index (Phi) is 7.20. The molecule has 1 fully saturated rings. The highest BCUT2D eigenvalue weighted by Gasteiger charge is 2.33. The van der Waals surface area contributed by atoms with Crippen molar-refractivity contribution in [1.29, 1.82) is 0 Å². The summed E-state index contributed by atoms with van der Waals surface area (Å²) < 4.78 is 33.3. The smallest absolute Gasteiger partial charge is 0.324 e. The summed E-state index contributed by atoms with van der Waals surface area (Å²) in [4.78, 5) is 26.6. The third-order valence-electron chi connectivity index (χ3n) is 4.04. The molecule has 1 aliphatic heterocycles. The Morgan fingerprint density at radius 3 is 2.64 bits per heavy atom. The van der Waals surface area contributed by atoms with Crippen LogP contribution in [0.4, 0.5) is 0 Å². The van der Waals surface area contributed by atoms with Gasteiger partial charge in [0.05, 0.1) is 12.6 Å². The highest BCUT2D eigenvalue weighted by Crippen LogP contribution is 2.24. The fraction of sp³-hybridized carbons (Fsp3) is 0.571. The average Bonchev–Trinajstić information content (AvgIpc) is 3.14. The van der Waals surface area contributed by atoms with Crippen molar-refractivity contribution in [3.05, 3.63) is 23.9 Å². The Morgan fingerprint density at radius 1 is 1.39 bits per heavy atom. The number of hydrogen-bond donors (Lipinski definition) is 6. The Balaban J connectivity index is 2.25. The lowest BCUT2D eigenvalue weighted by Crippen LogP contribution is -2.49. The zero-order valence-corrected chi connectivity index (χ0v) is 15.6. The SMILES string of the molecule is C=C(C(N)=O)[C@H](NS(=O)(=O)N[C@@H](CO)C(=O)O)c1nc([C@H]2CCCCN2)no1. The zero-order valence-electron chi connectivity index (χ0n) is 14.8. The molecule has 28 heavy (non-hydrogen) atoms. The number of nitrogens with zero attached hydrogens (tertiary/aromatic N) is 2. The fourth-order valence-corrected chi connectivity index (χ4v) is 3.70. The van der Waals surface area contributed by atoms with E-state index >= 15 is 0 Å². The summed E-state index contributed by atoms with van der Waals surface area (Å²) in [5, 5.41) is 24.9. The van der Waals surface area contributed by atoms with Gasteiger partial charge in [-0.3, -0.25) is 9.59 Å². The summed E-state index contributed by atoms with van der Waals surface area (Å²) in [5.41, 5.74) is 4.79. The number of carbonyl (C=O) groups is 2. The summed E-state index contributed by atoms with van der Waals surface area (Å²) in [5.74, 6) is -2.63. The number of amides is 1. The molecule has 3 atom stereocenters. The molecule has 0 unspecified atom stereocenters. The van der Waals surface area contributed by atoms with Gasteiger partial charge in [-0.25, -0.2) is 0 Å². The number of nitrogens with two attached hydrogens (primary N) is 1. The largest absolute Gasteiger partial charge is 0.480 e. The molecule has 0 aromatic carbocycles. The van der Waals surface area contributed by atoms with E-state index in [0.717, 1.165) is 25.8 Å². The minimum Gasteiger partial charge on any atom is -0.480 e. The number of aromatic nitrogens is 2. The molecule has 2 rings (SSSR count). The quantitative estimate of drug-likeness (QED) is 0.226. The molecule has 7 N–H and O–H groups in total. The van der Waals surface area contributed by atoms with E-state index in [-0.39, 0.29) is 17.8 Å². The van der Waals surface area contributed by atoms with E-state index in [1.165, 1.54) is 0 Å². The number of aliphatic hydroxyl groups excluding tert-OH is 1. The van der Waals surface area contributed by atoms with E-state index in [9.17, 15) is 18.0 Å². The Bertz CT molecular complexity index is 833. The number of primary amides is 1. The maximum atomic E-state index is 12.2. The molecule has 0 saturated carbocycles. The van der Waals surface area contributed by atoms with E-state index in [4.69, 9.17) is 20.5 Å². The van der Waals surface area contributed by atoms with Crippen molar-refractivity contribution in [2.24, 2.45) is 5.73 Å². The van der Waals surface area contributed by atoms with E-state index in [1.54, 1.807) is 4.72 Å². The second-order valence-corrected chi connectivity index (χ2v) is 7.61. The summed E-state index contributed by atoms with van der Waals surface area (Å²) >= 11 is 0. The third-order valence-corrected chi connectivity index (χ3v) is 5.18. The number of aliphatic carboxylic acids is 1. The standard InChI is InChI=1S/C14H22N6O7S/c1-7(11(15)22)10(20-28(25,26)19-9(6-21)14(23)24)13-17-12(18-27-13)8-4-2-3-5-16-8/h8-10,16,19-21H,1-6H2,(H2,15,22)(H,23,24)/t8-,9+,10+/m1/s1. The molecule has 14 heteroatoms. The van der Waals surface area contributed by atoms with E-state index in [1.807, 2.05) is 4.72 Å². The first-order chi connectivity index (χ1) is 13.1. The molecule has 13 nitrogen and oxygen atoms in total. The van der Waals surface area contributed by atoms with Crippen LogP contribution in [-0.4, -0.2) is 59.8 Å². The van der Waals surface area contributed by atoms with Gasteiger partial charge in [0.15, 0.2) is 5.82 Å².